The van der Waals surface area contributed by atoms with Gasteiger partial charge in [0.2, 0.25) is 0 Å². The highest BCUT2D eigenvalue weighted by molar-refractivity contribution is 5.16. The van der Waals surface area contributed by atoms with Crippen LogP contribution < -0.4 is 5.73 Å². The van der Waals surface area contributed by atoms with Crippen molar-refractivity contribution < 1.29 is 13.5 Å². The van der Waals surface area contributed by atoms with Crippen molar-refractivity contribution in [2.24, 2.45) is 5.73 Å². The highest BCUT2D eigenvalue weighted by Gasteiger charge is 2.11. The number of alkyl halides is 2. The maximum Gasteiger partial charge on any atom is 0.347 e. The molecule has 1 aromatic rings. The lowest BCUT2D eigenvalue weighted by Crippen LogP contribution is -2.17. The van der Waals surface area contributed by atoms with Crippen LogP contribution in [-0.4, -0.2) is 6.61 Å². The Kier molecular flexibility index (Phi) is 3.13. The second-order valence-corrected chi connectivity index (χ2v) is 2.23. The van der Waals surface area contributed by atoms with E-state index in [0.29, 0.717) is 5.56 Å². The first-order chi connectivity index (χ1) is 5.70. The summed E-state index contributed by atoms with van der Waals surface area (Å²) in [7, 11) is 0. The van der Waals surface area contributed by atoms with E-state index < -0.39 is 12.8 Å². The summed E-state index contributed by atoms with van der Waals surface area (Å²) in [5.41, 5.74) is 5.83. The zero-order valence-corrected chi connectivity index (χ0v) is 6.28. The van der Waals surface area contributed by atoms with Gasteiger partial charge in [0, 0.05) is 0 Å². The van der Waals surface area contributed by atoms with Crippen molar-refractivity contribution in [3.63, 3.8) is 0 Å². The van der Waals surface area contributed by atoms with Gasteiger partial charge in [0.05, 0.1) is 0 Å². The van der Waals surface area contributed by atoms with Gasteiger partial charge in [0.1, 0.15) is 6.23 Å². The van der Waals surface area contributed by atoms with E-state index in [1.165, 1.54) is 0 Å². The Balaban J connectivity index is 2.59. The zero-order valence-electron chi connectivity index (χ0n) is 6.28. The molecule has 2 nitrogen and oxygen atoms in total. The second kappa shape index (κ2) is 4.13. The van der Waals surface area contributed by atoms with Crippen molar-refractivity contribution in [1.29, 1.82) is 0 Å². The Morgan fingerprint density at radius 2 is 1.75 bits per heavy atom. The van der Waals surface area contributed by atoms with Crippen LogP contribution in [0.2, 0.25) is 0 Å². The standard InChI is InChI=1S/C8H9F2NO/c9-8(10)12-7(11)6-4-2-1-3-5-6/h1-5,7-8H,11H2. The van der Waals surface area contributed by atoms with Crippen LogP contribution in [0.25, 0.3) is 0 Å². The van der Waals surface area contributed by atoms with Crippen molar-refractivity contribution in [3.8, 4) is 0 Å². The quantitative estimate of drug-likeness (QED) is 0.708. The van der Waals surface area contributed by atoms with E-state index in [1.807, 2.05) is 0 Å². The lowest BCUT2D eigenvalue weighted by atomic mass is 10.2. The molecule has 0 saturated heterocycles. The Hall–Kier alpha value is -1.00. The fraction of sp³-hybridized carbons (Fsp3) is 0.250. The summed E-state index contributed by atoms with van der Waals surface area (Å²) in [4.78, 5) is 0. The summed E-state index contributed by atoms with van der Waals surface area (Å²) < 4.78 is 27.4. The molecule has 0 aliphatic carbocycles. The van der Waals surface area contributed by atoms with E-state index in [9.17, 15) is 8.78 Å². The van der Waals surface area contributed by atoms with Gasteiger partial charge in [-0.15, -0.1) is 0 Å². The van der Waals surface area contributed by atoms with Crippen molar-refractivity contribution in [1.82, 2.24) is 0 Å². The number of ether oxygens (including phenoxy) is 1. The predicted molar refractivity (Wildman–Crippen MR) is 40.5 cm³/mol. The van der Waals surface area contributed by atoms with Crippen LogP contribution in [0, 0.1) is 0 Å². The number of benzene rings is 1. The van der Waals surface area contributed by atoms with Crippen LogP contribution in [-0.2, 0) is 4.74 Å². The summed E-state index contributed by atoms with van der Waals surface area (Å²) in [6, 6.07) is 8.47. The SMILES string of the molecule is NC(OC(F)F)c1ccccc1. The molecule has 0 fully saturated rings. The van der Waals surface area contributed by atoms with Crippen LogP contribution in [0.3, 0.4) is 0 Å². The minimum atomic E-state index is -2.83. The highest BCUT2D eigenvalue weighted by Crippen LogP contribution is 2.13. The molecule has 0 amide bonds. The lowest BCUT2D eigenvalue weighted by Gasteiger charge is -2.11. The van der Waals surface area contributed by atoms with E-state index in [2.05, 4.69) is 4.74 Å². The summed E-state index contributed by atoms with van der Waals surface area (Å²) >= 11 is 0. The second-order valence-electron chi connectivity index (χ2n) is 2.23. The smallest absolute Gasteiger partial charge is 0.302 e. The minimum absolute atomic E-state index is 0.540. The average Bonchev–Trinajstić information content (AvgIpc) is 2.05. The van der Waals surface area contributed by atoms with Crippen molar-refractivity contribution in [2.75, 3.05) is 0 Å². The topological polar surface area (TPSA) is 35.2 Å². The largest absolute Gasteiger partial charge is 0.347 e. The maximum atomic E-state index is 11.7. The first-order valence-electron chi connectivity index (χ1n) is 3.44. The van der Waals surface area contributed by atoms with Gasteiger partial charge in [-0.25, -0.2) is 0 Å². The molecule has 0 heterocycles. The third kappa shape index (κ3) is 2.56. The summed E-state index contributed by atoms with van der Waals surface area (Å²) in [6.07, 6.45) is -1.05. The number of hydrogen-bond acceptors (Lipinski definition) is 2. The van der Waals surface area contributed by atoms with E-state index in [0.717, 1.165) is 0 Å². The molecule has 66 valence electrons. The fourth-order valence-corrected chi connectivity index (χ4v) is 0.832. The van der Waals surface area contributed by atoms with Gasteiger partial charge in [-0.3, -0.25) is 0 Å². The molecule has 0 aliphatic heterocycles. The molecule has 0 radical (unpaired) electrons. The third-order valence-electron chi connectivity index (χ3n) is 1.38. The van der Waals surface area contributed by atoms with Gasteiger partial charge in [-0.1, -0.05) is 30.3 Å². The molecule has 12 heavy (non-hydrogen) atoms. The summed E-state index contributed by atoms with van der Waals surface area (Å²) in [6.45, 7) is -2.83. The highest BCUT2D eigenvalue weighted by atomic mass is 19.3. The number of hydrogen-bond donors (Lipinski definition) is 1. The lowest BCUT2D eigenvalue weighted by molar-refractivity contribution is -0.163. The van der Waals surface area contributed by atoms with E-state index in [4.69, 9.17) is 5.73 Å². The van der Waals surface area contributed by atoms with Gasteiger partial charge in [0.25, 0.3) is 0 Å². The molecule has 0 aromatic heterocycles. The van der Waals surface area contributed by atoms with Crippen LogP contribution in [0.4, 0.5) is 8.78 Å². The zero-order chi connectivity index (χ0) is 8.97. The predicted octanol–water partition coefficient (Wildman–Crippen LogP) is 1.88. The van der Waals surface area contributed by atoms with Gasteiger partial charge in [-0.05, 0) is 5.56 Å². The summed E-state index contributed by atoms with van der Waals surface area (Å²) in [5.74, 6) is 0. The molecule has 2 N–H and O–H groups in total. The maximum absolute atomic E-state index is 11.7. The van der Waals surface area contributed by atoms with Crippen molar-refractivity contribution in [2.45, 2.75) is 12.8 Å². The van der Waals surface area contributed by atoms with Gasteiger partial charge < -0.3 is 10.5 Å². The normalized spacial score (nSPS) is 13.3. The minimum Gasteiger partial charge on any atom is -0.302 e. The first-order valence-corrected chi connectivity index (χ1v) is 3.44. The Morgan fingerprint density at radius 1 is 1.17 bits per heavy atom. The van der Waals surface area contributed by atoms with Crippen LogP contribution in [0.15, 0.2) is 30.3 Å². The molecule has 1 aromatic carbocycles. The Labute approximate surface area is 68.9 Å². The Morgan fingerprint density at radius 3 is 2.25 bits per heavy atom. The average molecular weight is 173 g/mol. The number of nitrogens with two attached hydrogens (primary N) is 1. The molecule has 0 aliphatic rings. The molecule has 4 heteroatoms. The Bertz CT molecular complexity index is 228. The van der Waals surface area contributed by atoms with Gasteiger partial charge in [0.15, 0.2) is 0 Å². The van der Waals surface area contributed by atoms with Crippen LogP contribution >= 0.6 is 0 Å². The van der Waals surface area contributed by atoms with Crippen molar-refractivity contribution in [3.05, 3.63) is 35.9 Å². The molecule has 0 saturated carbocycles. The summed E-state index contributed by atoms with van der Waals surface area (Å²) in [5, 5.41) is 0. The molecule has 1 atom stereocenters. The molecule has 0 spiro atoms. The van der Waals surface area contributed by atoms with E-state index in [1.54, 1.807) is 30.3 Å². The van der Waals surface area contributed by atoms with Gasteiger partial charge >= 0.3 is 6.61 Å². The van der Waals surface area contributed by atoms with E-state index >= 15 is 0 Å². The molecule has 1 unspecified atom stereocenters. The molecular formula is C8H9F2NO. The van der Waals surface area contributed by atoms with E-state index in [-0.39, 0.29) is 0 Å². The van der Waals surface area contributed by atoms with Crippen LogP contribution in [0.1, 0.15) is 11.8 Å². The monoisotopic (exact) mass is 173 g/mol. The molecular weight excluding hydrogens is 164 g/mol. The number of halogens is 2. The number of rotatable bonds is 3. The third-order valence-corrected chi connectivity index (χ3v) is 1.38. The first kappa shape index (κ1) is 9.09. The fourth-order valence-electron chi connectivity index (χ4n) is 0.832. The molecule has 1 rings (SSSR count). The van der Waals surface area contributed by atoms with Crippen molar-refractivity contribution >= 4 is 0 Å². The van der Waals surface area contributed by atoms with Crippen LogP contribution in [0.5, 0.6) is 0 Å². The van der Waals surface area contributed by atoms with Gasteiger partial charge in [-0.2, -0.15) is 8.78 Å². The molecule has 0 bridgehead atoms.